The first-order chi connectivity index (χ1) is 5.17. The highest BCUT2D eigenvalue weighted by molar-refractivity contribution is 5.19. The lowest BCUT2D eigenvalue weighted by molar-refractivity contribution is -0.0797. The van der Waals surface area contributed by atoms with Crippen molar-refractivity contribution in [2.24, 2.45) is 0 Å². The fourth-order valence-corrected chi connectivity index (χ4v) is 0.918. The highest BCUT2D eigenvalue weighted by Crippen LogP contribution is 2.26. The summed E-state index contributed by atoms with van der Waals surface area (Å²) < 4.78 is 30.4. The number of halogens is 2. The van der Waals surface area contributed by atoms with Gasteiger partial charge in [0, 0.05) is 6.61 Å². The Morgan fingerprint density at radius 1 is 1.45 bits per heavy atom. The van der Waals surface area contributed by atoms with Crippen LogP contribution in [0, 0.1) is 0 Å². The molecule has 1 rings (SSSR count). The van der Waals surface area contributed by atoms with Gasteiger partial charge in [0.25, 0.3) is 5.92 Å². The van der Waals surface area contributed by atoms with E-state index < -0.39 is 12.0 Å². The van der Waals surface area contributed by atoms with Crippen molar-refractivity contribution in [2.75, 3.05) is 6.61 Å². The van der Waals surface area contributed by atoms with Crippen LogP contribution in [0.2, 0.25) is 0 Å². The third-order valence-corrected chi connectivity index (χ3v) is 1.44. The Bertz CT molecular complexity index is 185. The molecule has 0 spiro atoms. The van der Waals surface area contributed by atoms with Gasteiger partial charge >= 0.3 is 0 Å². The molecule has 0 aromatic carbocycles. The maximum Gasteiger partial charge on any atom is 0.295 e. The summed E-state index contributed by atoms with van der Waals surface area (Å²) in [5, 5.41) is 0. The van der Waals surface area contributed by atoms with Crippen molar-refractivity contribution >= 4 is 0 Å². The van der Waals surface area contributed by atoms with E-state index in [1.54, 1.807) is 13.0 Å². The molecule has 0 radical (unpaired) electrons. The molecule has 1 atom stereocenters. The van der Waals surface area contributed by atoms with Gasteiger partial charge in [-0.25, -0.2) is 0 Å². The molecule has 0 heterocycles. The van der Waals surface area contributed by atoms with E-state index in [2.05, 4.69) is 0 Å². The Kier molecular flexibility index (Phi) is 2.39. The largest absolute Gasteiger partial charge is 0.368 e. The van der Waals surface area contributed by atoms with Crippen molar-refractivity contribution in [3.8, 4) is 0 Å². The van der Waals surface area contributed by atoms with E-state index in [4.69, 9.17) is 4.74 Å². The van der Waals surface area contributed by atoms with E-state index in [1.165, 1.54) is 12.2 Å². The molecule has 0 saturated carbocycles. The highest BCUT2D eigenvalue weighted by atomic mass is 19.3. The average Bonchev–Trinajstić information content (AvgIpc) is 1.94. The van der Waals surface area contributed by atoms with Crippen LogP contribution < -0.4 is 0 Å². The van der Waals surface area contributed by atoms with Crippen molar-refractivity contribution in [1.82, 2.24) is 0 Å². The van der Waals surface area contributed by atoms with E-state index in [9.17, 15) is 8.78 Å². The number of rotatable bonds is 2. The summed E-state index contributed by atoms with van der Waals surface area (Å²) in [6, 6.07) is 0. The van der Waals surface area contributed by atoms with E-state index in [1.807, 2.05) is 0 Å². The van der Waals surface area contributed by atoms with Crippen molar-refractivity contribution in [1.29, 1.82) is 0 Å². The Hall–Kier alpha value is -0.700. The van der Waals surface area contributed by atoms with Crippen LogP contribution >= 0.6 is 0 Å². The van der Waals surface area contributed by atoms with Crippen molar-refractivity contribution in [2.45, 2.75) is 19.0 Å². The molecule has 0 aromatic heterocycles. The maximum absolute atomic E-state index is 12.8. The van der Waals surface area contributed by atoms with Gasteiger partial charge in [-0.1, -0.05) is 12.2 Å². The fourth-order valence-electron chi connectivity index (χ4n) is 0.918. The maximum atomic E-state index is 12.8. The minimum absolute atomic E-state index is 0.304. The van der Waals surface area contributed by atoms with Crippen LogP contribution in [0.4, 0.5) is 8.78 Å². The minimum Gasteiger partial charge on any atom is -0.368 e. The molecule has 1 nitrogen and oxygen atoms in total. The average molecular weight is 160 g/mol. The van der Waals surface area contributed by atoms with Crippen molar-refractivity contribution in [3.63, 3.8) is 0 Å². The second-order valence-electron chi connectivity index (χ2n) is 2.29. The molecule has 0 aliphatic heterocycles. The third kappa shape index (κ3) is 1.87. The second kappa shape index (κ2) is 3.13. The van der Waals surface area contributed by atoms with Crippen LogP contribution in [0.5, 0.6) is 0 Å². The van der Waals surface area contributed by atoms with Crippen LogP contribution in [0.25, 0.3) is 0 Å². The van der Waals surface area contributed by atoms with Gasteiger partial charge < -0.3 is 4.74 Å². The molecular weight excluding hydrogens is 150 g/mol. The predicted octanol–water partition coefficient (Wildman–Crippen LogP) is 2.15. The van der Waals surface area contributed by atoms with E-state index in [-0.39, 0.29) is 0 Å². The predicted molar refractivity (Wildman–Crippen MR) is 38.6 cm³/mol. The molecule has 0 saturated heterocycles. The smallest absolute Gasteiger partial charge is 0.295 e. The summed E-state index contributed by atoms with van der Waals surface area (Å²) in [5.74, 6) is -2.84. The number of hydrogen-bond acceptors (Lipinski definition) is 1. The second-order valence-corrected chi connectivity index (χ2v) is 2.29. The van der Waals surface area contributed by atoms with E-state index >= 15 is 0 Å². The number of hydrogen-bond donors (Lipinski definition) is 0. The number of alkyl halides is 2. The van der Waals surface area contributed by atoms with E-state index in [0.29, 0.717) is 6.61 Å². The number of allylic oxidation sites excluding steroid dienone is 2. The van der Waals surface area contributed by atoms with Gasteiger partial charge in [0.05, 0.1) is 0 Å². The Labute approximate surface area is 64.4 Å². The summed E-state index contributed by atoms with van der Waals surface area (Å²) in [6.45, 7) is 2.00. The van der Waals surface area contributed by atoms with Crippen LogP contribution in [0.3, 0.4) is 0 Å². The Morgan fingerprint density at radius 2 is 2.18 bits per heavy atom. The molecule has 1 unspecified atom stereocenters. The van der Waals surface area contributed by atoms with Crippen molar-refractivity contribution < 1.29 is 13.5 Å². The van der Waals surface area contributed by atoms with Crippen LogP contribution in [0.1, 0.15) is 6.92 Å². The summed E-state index contributed by atoms with van der Waals surface area (Å²) >= 11 is 0. The number of ether oxygens (including phenoxy) is 1. The summed E-state index contributed by atoms with van der Waals surface area (Å²) in [5.41, 5.74) is 0. The van der Waals surface area contributed by atoms with Crippen LogP contribution in [-0.2, 0) is 4.74 Å². The first kappa shape index (κ1) is 8.40. The standard InChI is InChI=1S/C8H10F2O/c1-2-11-7-5-3-4-6-8(7,9)10/h3-7H,2H2,1H3. The molecule has 3 heteroatoms. The Morgan fingerprint density at radius 3 is 2.73 bits per heavy atom. The van der Waals surface area contributed by atoms with Gasteiger partial charge in [-0.15, -0.1) is 0 Å². The minimum atomic E-state index is -2.84. The van der Waals surface area contributed by atoms with Gasteiger partial charge in [-0.3, -0.25) is 0 Å². The summed E-state index contributed by atoms with van der Waals surface area (Å²) in [7, 11) is 0. The molecule has 0 aromatic rings. The summed E-state index contributed by atoms with van der Waals surface area (Å²) in [6.07, 6.45) is 4.03. The van der Waals surface area contributed by atoms with Gasteiger partial charge in [-0.05, 0) is 19.1 Å². The molecule has 0 amide bonds. The molecule has 1 aliphatic carbocycles. The normalized spacial score (nSPS) is 27.4. The first-order valence-electron chi connectivity index (χ1n) is 3.52. The monoisotopic (exact) mass is 160 g/mol. The fraction of sp³-hybridized carbons (Fsp3) is 0.500. The van der Waals surface area contributed by atoms with Gasteiger partial charge in [0.1, 0.15) is 6.10 Å². The lowest BCUT2D eigenvalue weighted by Gasteiger charge is -2.22. The Balaban J connectivity index is 2.64. The molecule has 11 heavy (non-hydrogen) atoms. The lowest BCUT2D eigenvalue weighted by atomic mass is 10.1. The molecule has 1 aliphatic rings. The van der Waals surface area contributed by atoms with Crippen molar-refractivity contribution in [3.05, 3.63) is 24.3 Å². The van der Waals surface area contributed by atoms with Crippen LogP contribution in [-0.4, -0.2) is 18.6 Å². The topological polar surface area (TPSA) is 9.23 Å². The summed E-state index contributed by atoms with van der Waals surface area (Å²) in [4.78, 5) is 0. The SMILES string of the molecule is CCOC1C=CC=CC1(F)F. The van der Waals surface area contributed by atoms with Gasteiger partial charge in [0.15, 0.2) is 0 Å². The zero-order valence-corrected chi connectivity index (χ0v) is 6.26. The highest BCUT2D eigenvalue weighted by Gasteiger charge is 2.36. The van der Waals surface area contributed by atoms with Gasteiger partial charge in [0.2, 0.25) is 0 Å². The quantitative estimate of drug-likeness (QED) is 0.601. The lowest BCUT2D eigenvalue weighted by Crippen LogP contribution is -2.33. The van der Waals surface area contributed by atoms with E-state index in [0.717, 1.165) is 6.08 Å². The molecule has 0 fully saturated rings. The molecule has 0 bridgehead atoms. The molecular formula is C8H10F2O. The first-order valence-corrected chi connectivity index (χ1v) is 3.52. The zero-order valence-electron chi connectivity index (χ0n) is 6.26. The van der Waals surface area contributed by atoms with Gasteiger partial charge in [-0.2, -0.15) is 8.78 Å². The van der Waals surface area contributed by atoms with Crippen LogP contribution in [0.15, 0.2) is 24.3 Å². The third-order valence-electron chi connectivity index (χ3n) is 1.44. The zero-order chi connectivity index (χ0) is 8.32. The molecule has 62 valence electrons. The molecule has 0 N–H and O–H groups in total.